The van der Waals surface area contributed by atoms with Crippen LogP contribution in [0.4, 0.5) is 0 Å². The van der Waals surface area contributed by atoms with Gasteiger partial charge in [0.1, 0.15) is 5.75 Å². The fourth-order valence-corrected chi connectivity index (χ4v) is 3.55. The van der Waals surface area contributed by atoms with E-state index in [4.69, 9.17) is 16.7 Å². The van der Waals surface area contributed by atoms with E-state index in [-0.39, 0.29) is 5.75 Å². The van der Waals surface area contributed by atoms with Crippen LogP contribution in [0.25, 0.3) is 11.3 Å². The average molecular weight is 354 g/mol. The number of phenols is 1. The van der Waals surface area contributed by atoms with Crippen molar-refractivity contribution in [3.8, 4) is 17.0 Å². The van der Waals surface area contributed by atoms with Crippen molar-refractivity contribution in [3.63, 3.8) is 0 Å². The highest BCUT2D eigenvalue weighted by molar-refractivity contribution is 6.30. The molecule has 1 aliphatic heterocycles. The maximum atomic E-state index is 9.73. The monoisotopic (exact) mass is 353 g/mol. The first-order valence-electron chi connectivity index (χ1n) is 8.54. The molecule has 0 amide bonds. The second kappa shape index (κ2) is 6.90. The van der Waals surface area contributed by atoms with Gasteiger partial charge in [0.05, 0.1) is 12.2 Å². The van der Waals surface area contributed by atoms with Crippen LogP contribution >= 0.6 is 11.6 Å². The number of fused-ring (bicyclic) bond motifs is 1. The van der Waals surface area contributed by atoms with Gasteiger partial charge in [0.15, 0.2) is 0 Å². The summed E-state index contributed by atoms with van der Waals surface area (Å²) < 4.78 is 2.08. The molecule has 4 nitrogen and oxygen atoms in total. The lowest BCUT2D eigenvalue weighted by Crippen LogP contribution is -2.17. The van der Waals surface area contributed by atoms with Crippen molar-refractivity contribution in [2.45, 2.75) is 19.4 Å². The molecule has 0 fully saturated rings. The number of nitrogens with one attached hydrogen (secondary N) is 1. The van der Waals surface area contributed by atoms with E-state index in [0.29, 0.717) is 6.54 Å². The van der Waals surface area contributed by atoms with Gasteiger partial charge >= 0.3 is 0 Å². The summed E-state index contributed by atoms with van der Waals surface area (Å²) >= 11 is 6.04. The maximum absolute atomic E-state index is 9.73. The first kappa shape index (κ1) is 16.2. The van der Waals surface area contributed by atoms with Crippen LogP contribution in [0, 0.1) is 0 Å². The standard InChI is InChI=1S/C20H20ClN3O/c21-16-6-4-15(5-7-16)20-18-8-10-22-11-9-19(18)24(23-20)13-14-2-1-3-17(25)12-14/h1-7,12,22,25H,8-11,13H2. The quantitative estimate of drug-likeness (QED) is 0.755. The maximum Gasteiger partial charge on any atom is 0.115 e. The molecule has 0 saturated carbocycles. The summed E-state index contributed by atoms with van der Waals surface area (Å²) in [7, 11) is 0. The average Bonchev–Trinajstić information content (AvgIpc) is 2.79. The number of hydrogen-bond acceptors (Lipinski definition) is 3. The van der Waals surface area contributed by atoms with Crippen LogP contribution in [0.5, 0.6) is 5.75 Å². The minimum atomic E-state index is 0.287. The van der Waals surface area contributed by atoms with Crippen molar-refractivity contribution in [1.82, 2.24) is 15.1 Å². The van der Waals surface area contributed by atoms with Crippen molar-refractivity contribution >= 4 is 11.6 Å². The van der Waals surface area contributed by atoms with E-state index in [0.717, 1.165) is 47.8 Å². The Bertz CT molecular complexity index is 886. The fraction of sp³-hybridized carbons (Fsp3) is 0.250. The number of phenolic OH excluding ortho intramolecular Hbond substituents is 1. The Morgan fingerprint density at radius 1 is 1.08 bits per heavy atom. The van der Waals surface area contributed by atoms with Gasteiger partial charge in [0.2, 0.25) is 0 Å². The Morgan fingerprint density at radius 3 is 2.68 bits per heavy atom. The summed E-state index contributed by atoms with van der Waals surface area (Å²) in [6, 6.07) is 15.3. The zero-order valence-electron chi connectivity index (χ0n) is 13.9. The Hall–Kier alpha value is -2.30. The molecule has 128 valence electrons. The first-order valence-corrected chi connectivity index (χ1v) is 8.91. The van der Waals surface area contributed by atoms with Gasteiger partial charge in [-0.3, -0.25) is 4.68 Å². The number of nitrogens with zero attached hydrogens (tertiary/aromatic N) is 2. The number of rotatable bonds is 3. The van der Waals surface area contributed by atoms with Crippen LogP contribution in [-0.2, 0) is 19.4 Å². The van der Waals surface area contributed by atoms with E-state index in [2.05, 4.69) is 10.00 Å². The van der Waals surface area contributed by atoms with Gasteiger partial charge in [-0.05, 0) is 42.8 Å². The number of aromatic hydroxyl groups is 1. The molecule has 4 rings (SSSR count). The van der Waals surface area contributed by atoms with Gasteiger partial charge < -0.3 is 10.4 Å². The summed E-state index contributed by atoms with van der Waals surface area (Å²) in [6.07, 6.45) is 1.92. The van der Waals surface area contributed by atoms with Crippen molar-refractivity contribution in [2.75, 3.05) is 13.1 Å². The van der Waals surface area contributed by atoms with Gasteiger partial charge in [0.25, 0.3) is 0 Å². The lowest BCUT2D eigenvalue weighted by atomic mass is 10.0. The van der Waals surface area contributed by atoms with Crippen molar-refractivity contribution < 1.29 is 5.11 Å². The van der Waals surface area contributed by atoms with Gasteiger partial charge in [0, 0.05) is 34.8 Å². The fourth-order valence-electron chi connectivity index (χ4n) is 3.42. The highest BCUT2D eigenvalue weighted by Gasteiger charge is 2.20. The SMILES string of the molecule is Oc1cccc(Cn2nc(-c3ccc(Cl)cc3)c3c2CCNCC3)c1. The molecule has 2 N–H and O–H groups in total. The molecule has 0 bridgehead atoms. The number of benzene rings is 2. The minimum absolute atomic E-state index is 0.287. The minimum Gasteiger partial charge on any atom is -0.508 e. The Balaban J connectivity index is 1.77. The lowest BCUT2D eigenvalue weighted by Gasteiger charge is -2.08. The van der Waals surface area contributed by atoms with Crippen LogP contribution in [0.2, 0.25) is 5.02 Å². The van der Waals surface area contributed by atoms with E-state index in [1.54, 1.807) is 12.1 Å². The predicted octanol–water partition coefficient (Wildman–Crippen LogP) is 3.65. The van der Waals surface area contributed by atoms with E-state index >= 15 is 0 Å². The second-order valence-corrected chi connectivity index (χ2v) is 6.79. The number of halogens is 1. The number of hydrogen-bond donors (Lipinski definition) is 2. The molecular weight excluding hydrogens is 334 g/mol. The van der Waals surface area contributed by atoms with Crippen LogP contribution in [0.15, 0.2) is 48.5 Å². The van der Waals surface area contributed by atoms with Crippen molar-refractivity contribution in [1.29, 1.82) is 0 Å². The molecule has 5 heteroatoms. The van der Waals surface area contributed by atoms with Crippen molar-refractivity contribution in [2.24, 2.45) is 0 Å². The van der Waals surface area contributed by atoms with Gasteiger partial charge in [-0.25, -0.2) is 0 Å². The molecule has 0 radical (unpaired) electrons. The summed E-state index contributed by atoms with van der Waals surface area (Å²) in [5.41, 5.74) is 5.77. The zero-order valence-corrected chi connectivity index (χ0v) is 14.6. The summed E-state index contributed by atoms with van der Waals surface area (Å²) in [6.45, 7) is 2.58. The summed E-state index contributed by atoms with van der Waals surface area (Å²) in [4.78, 5) is 0. The Kier molecular flexibility index (Phi) is 4.47. The second-order valence-electron chi connectivity index (χ2n) is 6.36. The predicted molar refractivity (Wildman–Crippen MR) is 100 cm³/mol. The molecular formula is C20H20ClN3O. The highest BCUT2D eigenvalue weighted by Crippen LogP contribution is 2.29. The third kappa shape index (κ3) is 3.41. The van der Waals surface area contributed by atoms with Crippen LogP contribution in [0.1, 0.15) is 16.8 Å². The van der Waals surface area contributed by atoms with Gasteiger partial charge in [-0.2, -0.15) is 5.10 Å². The third-order valence-electron chi connectivity index (χ3n) is 4.62. The topological polar surface area (TPSA) is 50.1 Å². The van der Waals surface area contributed by atoms with Crippen LogP contribution < -0.4 is 5.32 Å². The molecule has 0 spiro atoms. The zero-order chi connectivity index (χ0) is 17.2. The highest BCUT2D eigenvalue weighted by atomic mass is 35.5. The first-order chi connectivity index (χ1) is 12.2. The van der Waals surface area contributed by atoms with Crippen molar-refractivity contribution in [3.05, 3.63) is 70.4 Å². The van der Waals surface area contributed by atoms with E-state index in [1.807, 2.05) is 36.4 Å². The molecule has 0 atom stereocenters. The smallest absolute Gasteiger partial charge is 0.115 e. The van der Waals surface area contributed by atoms with Crippen LogP contribution in [0.3, 0.4) is 0 Å². The van der Waals surface area contributed by atoms with E-state index < -0.39 is 0 Å². The molecule has 25 heavy (non-hydrogen) atoms. The molecule has 0 unspecified atom stereocenters. The molecule has 1 aliphatic rings. The van der Waals surface area contributed by atoms with Crippen LogP contribution in [-0.4, -0.2) is 28.0 Å². The summed E-state index contributed by atoms with van der Waals surface area (Å²) in [5, 5.41) is 18.9. The molecule has 3 aromatic rings. The molecule has 2 aromatic carbocycles. The van der Waals surface area contributed by atoms with E-state index in [1.165, 1.54) is 11.3 Å². The van der Waals surface area contributed by atoms with Gasteiger partial charge in [-0.15, -0.1) is 0 Å². The van der Waals surface area contributed by atoms with E-state index in [9.17, 15) is 5.11 Å². The molecule has 0 saturated heterocycles. The molecule has 0 aliphatic carbocycles. The lowest BCUT2D eigenvalue weighted by molar-refractivity contribution is 0.474. The third-order valence-corrected chi connectivity index (χ3v) is 4.87. The van der Waals surface area contributed by atoms with Gasteiger partial charge in [-0.1, -0.05) is 35.9 Å². The molecule has 2 heterocycles. The Labute approximate surface area is 152 Å². The number of aromatic nitrogens is 2. The molecule has 1 aromatic heterocycles. The normalized spacial score (nSPS) is 14.1. The Morgan fingerprint density at radius 2 is 1.88 bits per heavy atom. The largest absolute Gasteiger partial charge is 0.508 e. The summed E-state index contributed by atoms with van der Waals surface area (Å²) in [5.74, 6) is 0.287.